The van der Waals surface area contributed by atoms with E-state index in [1.807, 2.05) is 11.8 Å². The Bertz CT molecular complexity index is 454. The third-order valence-corrected chi connectivity index (χ3v) is 4.69. The number of rotatable bonds is 3. The molecule has 1 aromatic carbocycles. The molecule has 1 fully saturated rings. The summed E-state index contributed by atoms with van der Waals surface area (Å²) in [5.41, 5.74) is 8.80. The van der Waals surface area contributed by atoms with Crippen LogP contribution in [0.3, 0.4) is 0 Å². The monoisotopic (exact) mass is 261 g/mol. The standard InChI is InChI=1S/C14H19N3S/c15-14(17-11-5-6-11)16-9-13-12-4-2-1-3-10(12)7-8-18-13/h1-4,11,13H,5-9H2,(H3,15,16,17). The van der Waals surface area contributed by atoms with Crippen LogP contribution >= 0.6 is 11.8 Å². The van der Waals surface area contributed by atoms with Crippen molar-refractivity contribution in [1.82, 2.24) is 5.32 Å². The van der Waals surface area contributed by atoms with Gasteiger partial charge in [0.1, 0.15) is 0 Å². The molecule has 0 saturated heterocycles. The fraction of sp³-hybridized carbons (Fsp3) is 0.500. The molecule has 0 radical (unpaired) electrons. The van der Waals surface area contributed by atoms with Gasteiger partial charge in [0.05, 0.1) is 6.54 Å². The molecule has 1 aromatic rings. The topological polar surface area (TPSA) is 50.4 Å². The second kappa shape index (κ2) is 5.22. The number of nitrogens with two attached hydrogens (primary N) is 1. The molecular weight excluding hydrogens is 242 g/mol. The van der Waals surface area contributed by atoms with Crippen molar-refractivity contribution in [3.63, 3.8) is 0 Å². The first-order valence-corrected chi connectivity index (χ1v) is 7.63. The minimum absolute atomic E-state index is 0.467. The highest BCUT2D eigenvalue weighted by Gasteiger charge is 2.22. The largest absolute Gasteiger partial charge is 0.370 e. The highest BCUT2D eigenvalue weighted by atomic mass is 32.2. The summed E-state index contributed by atoms with van der Waals surface area (Å²) in [6, 6.07) is 9.29. The first kappa shape index (κ1) is 11.9. The van der Waals surface area contributed by atoms with Gasteiger partial charge in [0.2, 0.25) is 0 Å². The molecule has 0 bridgehead atoms. The third kappa shape index (κ3) is 2.80. The van der Waals surface area contributed by atoms with Gasteiger partial charge in [0, 0.05) is 11.3 Å². The number of aryl methyl sites for hydroxylation is 1. The van der Waals surface area contributed by atoms with Crippen LogP contribution in [0.1, 0.15) is 29.2 Å². The van der Waals surface area contributed by atoms with Gasteiger partial charge in [0.25, 0.3) is 0 Å². The molecule has 18 heavy (non-hydrogen) atoms. The van der Waals surface area contributed by atoms with Crippen molar-refractivity contribution < 1.29 is 0 Å². The van der Waals surface area contributed by atoms with Crippen molar-refractivity contribution in [3.05, 3.63) is 35.4 Å². The van der Waals surface area contributed by atoms with Crippen molar-refractivity contribution in [3.8, 4) is 0 Å². The summed E-state index contributed by atoms with van der Waals surface area (Å²) in [5, 5.41) is 3.70. The molecule has 1 unspecified atom stereocenters. The van der Waals surface area contributed by atoms with E-state index in [1.54, 1.807) is 0 Å². The predicted octanol–water partition coefficient (Wildman–Crippen LogP) is 2.08. The molecule has 1 heterocycles. The predicted molar refractivity (Wildman–Crippen MR) is 78.0 cm³/mol. The van der Waals surface area contributed by atoms with Crippen LogP contribution in [0.2, 0.25) is 0 Å². The maximum absolute atomic E-state index is 5.88. The number of hydrogen-bond acceptors (Lipinski definition) is 2. The van der Waals surface area contributed by atoms with Crippen molar-refractivity contribution in [2.45, 2.75) is 30.6 Å². The van der Waals surface area contributed by atoms with Crippen molar-refractivity contribution >= 4 is 17.7 Å². The molecular formula is C14H19N3S. The minimum Gasteiger partial charge on any atom is -0.370 e. The fourth-order valence-electron chi connectivity index (χ4n) is 2.29. The quantitative estimate of drug-likeness (QED) is 0.647. The lowest BCUT2D eigenvalue weighted by molar-refractivity contribution is 0.852. The van der Waals surface area contributed by atoms with E-state index in [-0.39, 0.29) is 0 Å². The van der Waals surface area contributed by atoms with Crippen molar-refractivity contribution in [2.24, 2.45) is 10.7 Å². The van der Waals surface area contributed by atoms with E-state index in [0.717, 1.165) is 6.54 Å². The van der Waals surface area contributed by atoms with Crippen LogP contribution in [0.15, 0.2) is 29.3 Å². The number of aliphatic imine (C=N–C) groups is 1. The van der Waals surface area contributed by atoms with E-state index >= 15 is 0 Å². The Kier molecular flexibility index (Phi) is 3.46. The summed E-state index contributed by atoms with van der Waals surface area (Å²) >= 11 is 1.99. The van der Waals surface area contributed by atoms with Gasteiger partial charge in [-0.2, -0.15) is 11.8 Å². The second-order valence-electron chi connectivity index (χ2n) is 4.95. The lowest BCUT2D eigenvalue weighted by atomic mass is 10.0. The average molecular weight is 261 g/mol. The van der Waals surface area contributed by atoms with E-state index in [4.69, 9.17) is 5.73 Å². The molecule has 0 amide bonds. The van der Waals surface area contributed by atoms with E-state index < -0.39 is 0 Å². The maximum Gasteiger partial charge on any atom is 0.188 e. The number of hydrogen-bond donors (Lipinski definition) is 2. The fourth-order valence-corrected chi connectivity index (χ4v) is 3.50. The van der Waals surface area contributed by atoms with Crippen LogP contribution in [0.5, 0.6) is 0 Å². The lowest BCUT2D eigenvalue weighted by Gasteiger charge is -2.23. The van der Waals surface area contributed by atoms with E-state index in [0.29, 0.717) is 17.3 Å². The maximum atomic E-state index is 5.88. The molecule has 4 heteroatoms. The number of nitrogens with zero attached hydrogens (tertiary/aromatic N) is 1. The molecule has 96 valence electrons. The summed E-state index contributed by atoms with van der Waals surface area (Å²) in [7, 11) is 0. The summed E-state index contributed by atoms with van der Waals surface area (Å²) in [4.78, 5) is 4.49. The Morgan fingerprint density at radius 3 is 3.06 bits per heavy atom. The zero-order valence-electron chi connectivity index (χ0n) is 10.4. The zero-order chi connectivity index (χ0) is 12.4. The molecule has 0 spiro atoms. The molecule has 2 aliphatic rings. The number of benzene rings is 1. The van der Waals surface area contributed by atoms with Gasteiger partial charge >= 0.3 is 0 Å². The first-order chi connectivity index (χ1) is 8.83. The van der Waals surface area contributed by atoms with Gasteiger partial charge in [-0.3, -0.25) is 4.99 Å². The molecule has 1 atom stereocenters. The molecule has 1 aliphatic carbocycles. The lowest BCUT2D eigenvalue weighted by Crippen LogP contribution is -2.33. The van der Waals surface area contributed by atoms with Crippen LogP contribution in [-0.2, 0) is 6.42 Å². The highest BCUT2D eigenvalue weighted by Crippen LogP contribution is 2.36. The van der Waals surface area contributed by atoms with Crippen molar-refractivity contribution in [1.29, 1.82) is 0 Å². The van der Waals surface area contributed by atoms with Gasteiger partial charge in [-0.05, 0) is 36.1 Å². The normalized spacial score (nSPS) is 23.6. The molecule has 1 saturated carbocycles. The van der Waals surface area contributed by atoms with Crippen molar-refractivity contribution in [2.75, 3.05) is 12.3 Å². The molecule has 3 rings (SSSR count). The van der Waals surface area contributed by atoms with E-state index in [1.165, 1.54) is 36.1 Å². The minimum atomic E-state index is 0.467. The molecule has 3 nitrogen and oxygen atoms in total. The highest BCUT2D eigenvalue weighted by molar-refractivity contribution is 7.99. The number of nitrogens with one attached hydrogen (secondary N) is 1. The molecule has 3 N–H and O–H groups in total. The van der Waals surface area contributed by atoms with Crippen LogP contribution in [0.25, 0.3) is 0 Å². The van der Waals surface area contributed by atoms with E-state index in [2.05, 4.69) is 34.6 Å². The summed E-state index contributed by atoms with van der Waals surface area (Å²) in [5.74, 6) is 1.80. The third-order valence-electron chi connectivity index (χ3n) is 3.45. The number of guanidine groups is 1. The van der Waals surface area contributed by atoms with Crippen LogP contribution in [0, 0.1) is 0 Å². The molecule has 0 aromatic heterocycles. The van der Waals surface area contributed by atoms with Gasteiger partial charge in [-0.15, -0.1) is 0 Å². The smallest absolute Gasteiger partial charge is 0.188 e. The molecule has 1 aliphatic heterocycles. The first-order valence-electron chi connectivity index (χ1n) is 6.59. The van der Waals surface area contributed by atoms with Crippen LogP contribution in [0.4, 0.5) is 0 Å². The Hall–Kier alpha value is -1.16. The van der Waals surface area contributed by atoms with Crippen LogP contribution in [-0.4, -0.2) is 24.3 Å². The summed E-state index contributed by atoms with van der Waals surface area (Å²) in [6.07, 6.45) is 3.64. The van der Waals surface area contributed by atoms with Gasteiger partial charge < -0.3 is 11.1 Å². The zero-order valence-corrected chi connectivity index (χ0v) is 11.2. The summed E-state index contributed by atoms with van der Waals surface area (Å²) < 4.78 is 0. The number of fused-ring (bicyclic) bond motifs is 1. The van der Waals surface area contributed by atoms with E-state index in [9.17, 15) is 0 Å². The average Bonchev–Trinajstić information content (AvgIpc) is 3.20. The van der Waals surface area contributed by atoms with Gasteiger partial charge in [-0.25, -0.2) is 0 Å². The van der Waals surface area contributed by atoms with Crippen LogP contribution < -0.4 is 11.1 Å². The number of thioether (sulfide) groups is 1. The van der Waals surface area contributed by atoms with Gasteiger partial charge in [0.15, 0.2) is 5.96 Å². The Balaban J connectivity index is 1.66. The Morgan fingerprint density at radius 1 is 1.39 bits per heavy atom. The Morgan fingerprint density at radius 2 is 2.22 bits per heavy atom. The SMILES string of the molecule is NC(=NCC1SCCc2ccccc21)NC1CC1. The summed E-state index contributed by atoms with van der Waals surface area (Å²) in [6.45, 7) is 0.785. The Labute approximate surface area is 112 Å². The second-order valence-corrected chi connectivity index (χ2v) is 6.26. The van der Waals surface area contributed by atoms with Gasteiger partial charge in [-0.1, -0.05) is 24.3 Å².